The number of benzene rings is 2. The highest BCUT2D eigenvalue weighted by Gasteiger charge is 2.29. The molecule has 0 bridgehead atoms. The third kappa shape index (κ3) is 3.52. The largest absolute Gasteiger partial charge is 0.323 e. The fourth-order valence-electron chi connectivity index (χ4n) is 3.78. The predicted octanol–water partition coefficient (Wildman–Crippen LogP) is 3.95. The molecule has 2 aromatic carbocycles. The number of rotatable bonds is 4. The number of aromatic nitrogens is 2. The summed E-state index contributed by atoms with van der Waals surface area (Å²) in [7, 11) is 0. The maximum atomic E-state index is 12.6. The lowest BCUT2D eigenvalue weighted by Gasteiger charge is -2.07. The molecule has 1 aliphatic heterocycles. The molecule has 1 N–H and O–H groups in total. The Kier molecular flexibility index (Phi) is 4.56. The lowest BCUT2D eigenvalue weighted by Crippen LogP contribution is -2.42. The van der Waals surface area contributed by atoms with E-state index in [1.807, 2.05) is 18.2 Å². The van der Waals surface area contributed by atoms with Crippen LogP contribution in [0, 0.1) is 20.8 Å². The first-order valence-corrected chi connectivity index (χ1v) is 9.57. The van der Waals surface area contributed by atoms with Crippen LogP contribution in [0.1, 0.15) is 28.9 Å². The van der Waals surface area contributed by atoms with Crippen molar-refractivity contribution in [2.45, 2.75) is 46.7 Å². The molecule has 2 heterocycles. The summed E-state index contributed by atoms with van der Waals surface area (Å²) < 4.78 is 4.46. The Hall–Kier alpha value is -2.88. The van der Waals surface area contributed by atoms with Gasteiger partial charge >= 0.3 is 0 Å². The third-order valence-corrected chi connectivity index (χ3v) is 5.45. The molecule has 1 aliphatic rings. The molecular formula is C23H26N3O+. The Balaban J connectivity index is 1.57. The van der Waals surface area contributed by atoms with E-state index in [9.17, 15) is 4.79 Å². The zero-order valence-electron chi connectivity index (χ0n) is 16.2. The van der Waals surface area contributed by atoms with Crippen LogP contribution < -0.4 is 9.88 Å². The van der Waals surface area contributed by atoms with Crippen molar-refractivity contribution in [3.8, 4) is 11.3 Å². The van der Waals surface area contributed by atoms with Gasteiger partial charge in [0.2, 0.25) is 0 Å². The summed E-state index contributed by atoms with van der Waals surface area (Å²) in [5.41, 5.74) is 6.94. The molecule has 4 rings (SSSR count). The SMILES string of the molecule is Cc1ccc(-c2c[n+](CC(=O)Nc3ccc(C)c(C)c3)c3n2CCC3)cc1. The molecule has 3 aromatic rings. The summed E-state index contributed by atoms with van der Waals surface area (Å²) in [6.45, 7) is 7.60. The minimum absolute atomic E-state index is 0.0130. The second-order valence-electron chi connectivity index (χ2n) is 7.53. The number of nitrogens with zero attached hydrogens (tertiary/aromatic N) is 2. The Morgan fingerprint density at radius 1 is 1.07 bits per heavy atom. The lowest BCUT2D eigenvalue weighted by atomic mass is 10.1. The van der Waals surface area contributed by atoms with Gasteiger partial charge in [-0.15, -0.1) is 0 Å². The van der Waals surface area contributed by atoms with Gasteiger partial charge < -0.3 is 5.32 Å². The van der Waals surface area contributed by atoms with Crippen molar-refractivity contribution in [2.75, 3.05) is 5.32 Å². The van der Waals surface area contributed by atoms with E-state index in [0.717, 1.165) is 25.1 Å². The number of carbonyl (C=O) groups excluding carboxylic acids is 1. The zero-order valence-corrected chi connectivity index (χ0v) is 16.2. The smallest absolute Gasteiger partial charge is 0.266 e. The molecule has 0 radical (unpaired) electrons. The second-order valence-corrected chi connectivity index (χ2v) is 7.53. The minimum Gasteiger partial charge on any atom is -0.323 e. The fraction of sp³-hybridized carbons (Fsp3) is 0.304. The summed E-state index contributed by atoms with van der Waals surface area (Å²) in [4.78, 5) is 12.6. The number of imidazole rings is 1. The van der Waals surface area contributed by atoms with Crippen molar-refractivity contribution in [1.29, 1.82) is 0 Å². The van der Waals surface area contributed by atoms with E-state index in [4.69, 9.17) is 0 Å². The maximum Gasteiger partial charge on any atom is 0.266 e. The normalized spacial score (nSPS) is 12.9. The number of hydrogen-bond donors (Lipinski definition) is 1. The summed E-state index contributed by atoms with van der Waals surface area (Å²) >= 11 is 0. The highest BCUT2D eigenvalue weighted by atomic mass is 16.1. The molecule has 0 aliphatic carbocycles. The zero-order chi connectivity index (χ0) is 19.0. The number of aryl methyl sites for hydroxylation is 3. The Labute approximate surface area is 160 Å². The van der Waals surface area contributed by atoms with E-state index in [2.05, 4.69) is 65.7 Å². The van der Waals surface area contributed by atoms with Gasteiger partial charge in [-0.3, -0.25) is 4.79 Å². The first-order chi connectivity index (χ1) is 13.0. The van der Waals surface area contributed by atoms with E-state index in [0.29, 0.717) is 6.54 Å². The summed E-state index contributed by atoms with van der Waals surface area (Å²) in [5.74, 6) is 1.25. The van der Waals surface area contributed by atoms with Gasteiger partial charge in [-0.05, 0) is 50.5 Å². The molecule has 0 spiro atoms. The number of hydrogen-bond acceptors (Lipinski definition) is 1. The predicted molar refractivity (Wildman–Crippen MR) is 108 cm³/mol. The highest BCUT2D eigenvalue weighted by molar-refractivity contribution is 5.89. The number of fused-ring (bicyclic) bond motifs is 1. The second kappa shape index (κ2) is 7.03. The van der Waals surface area contributed by atoms with E-state index in [1.165, 1.54) is 33.8 Å². The van der Waals surface area contributed by atoms with Crippen molar-refractivity contribution in [3.05, 3.63) is 71.2 Å². The summed E-state index contributed by atoms with van der Waals surface area (Å²) in [6.07, 6.45) is 4.27. The van der Waals surface area contributed by atoms with Gasteiger partial charge in [0.15, 0.2) is 12.2 Å². The summed E-state index contributed by atoms with van der Waals surface area (Å²) in [5, 5.41) is 3.04. The van der Waals surface area contributed by atoms with Crippen LogP contribution in [-0.4, -0.2) is 10.5 Å². The molecule has 27 heavy (non-hydrogen) atoms. The average Bonchev–Trinajstić information content (AvgIpc) is 3.23. The molecule has 1 amide bonds. The fourth-order valence-corrected chi connectivity index (χ4v) is 3.78. The quantitative estimate of drug-likeness (QED) is 0.703. The number of nitrogens with one attached hydrogen (secondary N) is 1. The van der Waals surface area contributed by atoms with Gasteiger partial charge in [0, 0.05) is 11.3 Å². The Bertz CT molecular complexity index is 999. The van der Waals surface area contributed by atoms with Crippen molar-refractivity contribution in [1.82, 2.24) is 4.57 Å². The van der Waals surface area contributed by atoms with Gasteiger partial charge in [0.25, 0.3) is 11.7 Å². The highest BCUT2D eigenvalue weighted by Crippen LogP contribution is 2.25. The van der Waals surface area contributed by atoms with E-state index < -0.39 is 0 Å². The molecule has 4 heteroatoms. The number of amides is 1. The third-order valence-electron chi connectivity index (χ3n) is 5.45. The monoisotopic (exact) mass is 360 g/mol. The molecule has 4 nitrogen and oxygen atoms in total. The van der Waals surface area contributed by atoms with E-state index in [-0.39, 0.29) is 5.91 Å². The lowest BCUT2D eigenvalue weighted by molar-refractivity contribution is -0.690. The molecule has 138 valence electrons. The van der Waals surface area contributed by atoms with Crippen LogP contribution in [0.4, 0.5) is 5.69 Å². The van der Waals surface area contributed by atoms with E-state index in [1.54, 1.807) is 0 Å². The Morgan fingerprint density at radius 3 is 2.59 bits per heavy atom. The van der Waals surface area contributed by atoms with Crippen LogP contribution in [0.15, 0.2) is 48.7 Å². The molecule has 0 fully saturated rings. The van der Waals surface area contributed by atoms with Crippen molar-refractivity contribution >= 4 is 11.6 Å². The van der Waals surface area contributed by atoms with Gasteiger partial charge in [-0.1, -0.05) is 35.9 Å². The number of anilines is 1. The van der Waals surface area contributed by atoms with Gasteiger partial charge in [0.1, 0.15) is 6.20 Å². The van der Waals surface area contributed by atoms with Crippen molar-refractivity contribution in [2.24, 2.45) is 0 Å². The van der Waals surface area contributed by atoms with Crippen molar-refractivity contribution < 1.29 is 9.36 Å². The first kappa shape index (κ1) is 17.5. The molecule has 0 saturated heterocycles. The summed E-state index contributed by atoms with van der Waals surface area (Å²) in [6, 6.07) is 14.6. The topological polar surface area (TPSA) is 37.9 Å². The van der Waals surface area contributed by atoms with Crippen LogP contribution >= 0.6 is 0 Å². The first-order valence-electron chi connectivity index (χ1n) is 9.57. The van der Waals surface area contributed by atoms with Crippen LogP contribution in [0.5, 0.6) is 0 Å². The van der Waals surface area contributed by atoms with Crippen LogP contribution in [0.3, 0.4) is 0 Å². The van der Waals surface area contributed by atoms with Crippen molar-refractivity contribution in [3.63, 3.8) is 0 Å². The average molecular weight is 360 g/mol. The Morgan fingerprint density at radius 2 is 1.85 bits per heavy atom. The molecule has 1 aromatic heterocycles. The molecule has 0 saturated carbocycles. The van der Waals surface area contributed by atoms with E-state index >= 15 is 0 Å². The van der Waals surface area contributed by atoms with Gasteiger partial charge in [-0.2, -0.15) is 0 Å². The van der Waals surface area contributed by atoms with Gasteiger partial charge in [-0.25, -0.2) is 9.13 Å². The van der Waals surface area contributed by atoms with Crippen LogP contribution in [0.2, 0.25) is 0 Å². The number of carbonyl (C=O) groups is 1. The molecular weight excluding hydrogens is 334 g/mol. The van der Waals surface area contributed by atoms with Gasteiger partial charge in [0.05, 0.1) is 13.0 Å². The van der Waals surface area contributed by atoms with Crippen LogP contribution in [0.25, 0.3) is 11.3 Å². The maximum absolute atomic E-state index is 12.6. The minimum atomic E-state index is 0.0130. The molecule has 0 unspecified atom stereocenters. The van der Waals surface area contributed by atoms with Crippen LogP contribution in [-0.2, 0) is 24.3 Å². The standard InChI is InChI=1S/C23H25N3O/c1-16-6-9-19(10-7-16)21-14-25(23-5-4-12-26(21)23)15-22(27)24-20-11-8-17(2)18(3)13-20/h6-11,13-14H,4-5,12,15H2,1-3H3/p+1. The molecule has 0 atom stereocenters.